The highest BCUT2D eigenvalue weighted by molar-refractivity contribution is 6.15. The van der Waals surface area contributed by atoms with Crippen molar-refractivity contribution in [1.29, 1.82) is 0 Å². The molecular formula is C23H26N4O6. The minimum atomic E-state index is -1.26. The number of carbonyl (C=O) groups is 3. The molecular weight excluding hydrogens is 428 g/mol. The van der Waals surface area contributed by atoms with Gasteiger partial charge in [-0.2, -0.15) is 0 Å². The van der Waals surface area contributed by atoms with Crippen molar-refractivity contribution in [2.75, 3.05) is 25.2 Å². The first kappa shape index (κ1) is 21.3. The Hall–Kier alpha value is -3.56. The van der Waals surface area contributed by atoms with Crippen LogP contribution in [-0.2, 0) is 16.1 Å². The number of benzene rings is 1. The maximum Gasteiger partial charge on any atom is 0.359 e. The highest BCUT2D eigenvalue weighted by Gasteiger charge is 2.50. The fourth-order valence-corrected chi connectivity index (χ4v) is 4.86. The van der Waals surface area contributed by atoms with Crippen LogP contribution in [-0.4, -0.2) is 59.2 Å². The van der Waals surface area contributed by atoms with Crippen LogP contribution in [0.3, 0.4) is 0 Å². The molecule has 33 heavy (non-hydrogen) atoms. The first-order chi connectivity index (χ1) is 15.9. The van der Waals surface area contributed by atoms with Crippen molar-refractivity contribution in [3.05, 3.63) is 35.9 Å². The van der Waals surface area contributed by atoms with Gasteiger partial charge in [-0.15, -0.1) is 0 Å². The highest BCUT2D eigenvalue weighted by Crippen LogP contribution is 2.39. The molecule has 0 radical (unpaired) electrons. The Balaban J connectivity index is 1.60. The lowest BCUT2D eigenvalue weighted by Gasteiger charge is -2.44. The molecule has 1 atom stereocenters. The van der Waals surface area contributed by atoms with Crippen molar-refractivity contribution in [2.24, 2.45) is 0 Å². The average molecular weight is 454 g/mol. The molecule has 1 aromatic heterocycles. The zero-order valence-corrected chi connectivity index (χ0v) is 18.6. The van der Waals surface area contributed by atoms with Gasteiger partial charge >= 0.3 is 5.97 Å². The van der Waals surface area contributed by atoms with E-state index in [1.165, 1.54) is 18.3 Å². The van der Waals surface area contributed by atoms with Crippen LogP contribution in [0.25, 0.3) is 0 Å². The Morgan fingerprint density at radius 3 is 2.64 bits per heavy atom. The van der Waals surface area contributed by atoms with E-state index in [9.17, 15) is 14.4 Å². The molecule has 1 saturated carbocycles. The van der Waals surface area contributed by atoms with Gasteiger partial charge in [-0.1, -0.05) is 12.8 Å². The van der Waals surface area contributed by atoms with Gasteiger partial charge in [-0.3, -0.25) is 14.5 Å². The maximum absolute atomic E-state index is 13.9. The summed E-state index contributed by atoms with van der Waals surface area (Å²) in [7, 11) is 1.24. The van der Waals surface area contributed by atoms with Crippen LogP contribution in [0.1, 0.15) is 53.6 Å². The second-order valence-corrected chi connectivity index (χ2v) is 8.76. The smallest absolute Gasteiger partial charge is 0.359 e. The van der Waals surface area contributed by atoms with Crippen LogP contribution >= 0.6 is 0 Å². The number of ether oxygens (including phenoxy) is 3. The quantitative estimate of drug-likeness (QED) is 0.703. The van der Waals surface area contributed by atoms with Gasteiger partial charge in [0.25, 0.3) is 5.91 Å². The topological polar surface area (TPSA) is 112 Å². The predicted octanol–water partition coefficient (Wildman–Crippen LogP) is 1.92. The molecule has 3 aliphatic rings. The fraction of sp³-hybridized carbons (Fsp3) is 0.478. The lowest BCUT2D eigenvalue weighted by molar-refractivity contribution is -0.127. The number of methoxy groups -OCH3 is 1. The summed E-state index contributed by atoms with van der Waals surface area (Å²) in [5.41, 5.74) is -0.785. The number of rotatable bonds is 4. The molecule has 1 aromatic carbocycles. The normalized spacial score (nSPS) is 22.1. The van der Waals surface area contributed by atoms with E-state index < -0.39 is 17.4 Å². The van der Waals surface area contributed by atoms with Gasteiger partial charge in [-0.25, -0.2) is 9.78 Å². The third kappa shape index (κ3) is 3.49. The number of fused-ring (bicyclic) bond motifs is 2. The monoisotopic (exact) mass is 454 g/mol. The highest BCUT2D eigenvalue weighted by atomic mass is 16.6. The number of hydrogen-bond donors (Lipinski definition) is 1. The van der Waals surface area contributed by atoms with Crippen molar-refractivity contribution in [3.63, 3.8) is 0 Å². The summed E-state index contributed by atoms with van der Waals surface area (Å²) in [5.74, 6) is -0.404. The Labute approximate surface area is 190 Å². The number of nitrogens with one attached hydrogen (secondary N) is 1. The molecule has 2 aromatic rings. The van der Waals surface area contributed by atoms with Gasteiger partial charge < -0.3 is 24.1 Å². The summed E-state index contributed by atoms with van der Waals surface area (Å²) in [4.78, 5) is 45.3. The van der Waals surface area contributed by atoms with Gasteiger partial charge in [0, 0.05) is 17.8 Å². The Morgan fingerprint density at radius 2 is 1.91 bits per heavy atom. The molecule has 0 bridgehead atoms. The molecule has 2 amide bonds. The van der Waals surface area contributed by atoms with Crippen LogP contribution in [0.2, 0.25) is 0 Å². The maximum atomic E-state index is 13.9. The van der Waals surface area contributed by atoms with Crippen LogP contribution < -0.4 is 19.7 Å². The second kappa shape index (κ2) is 8.09. The number of esters is 1. The molecule has 0 spiro atoms. The van der Waals surface area contributed by atoms with Crippen LogP contribution in [0.15, 0.2) is 24.5 Å². The van der Waals surface area contributed by atoms with Gasteiger partial charge in [0.05, 0.1) is 20.0 Å². The Bertz CT molecular complexity index is 1120. The number of nitrogens with zero attached hydrogens (tertiary/aromatic N) is 3. The lowest BCUT2D eigenvalue weighted by Crippen LogP contribution is -2.65. The van der Waals surface area contributed by atoms with E-state index in [2.05, 4.69) is 10.3 Å². The van der Waals surface area contributed by atoms with Crippen molar-refractivity contribution < 1.29 is 28.6 Å². The number of hydrogen-bond acceptors (Lipinski definition) is 7. The van der Waals surface area contributed by atoms with E-state index in [4.69, 9.17) is 14.2 Å². The molecule has 1 aliphatic carbocycles. The van der Waals surface area contributed by atoms with E-state index in [0.717, 1.165) is 25.7 Å². The van der Waals surface area contributed by atoms with E-state index >= 15 is 0 Å². The number of anilines is 1. The summed E-state index contributed by atoms with van der Waals surface area (Å²) in [6.45, 7) is 2.69. The number of amides is 2. The van der Waals surface area contributed by atoms with Crippen LogP contribution in [0, 0.1) is 0 Å². The first-order valence-electron chi connectivity index (χ1n) is 11.1. The first-order valence-corrected chi connectivity index (χ1v) is 11.1. The number of imidazole rings is 1. The van der Waals surface area contributed by atoms with Crippen molar-refractivity contribution in [3.8, 4) is 11.5 Å². The number of aromatic nitrogens is 2. The second-order valence-electron chi connectivity index (χ2n) is 8.76. The molecule has 1 fully saturated rings. The minimum Gasteiger partial charge on any atom is -0.486 e. The van der Waals surface area contributed by atoms with Crippen LogP contribution in [0.4, 0.5) is 5.69 Å². The molecule has 1 N–H and O–H groups in total. The van der Waals surface area contributed by atoms with Gasteiger partial charge in [0.1, 0.15) is 24.4 Å². The predicted molar refractivity (Wildman–Crippen MR) is 117 cm³/mol. The third-order valence-electron chi connectivity index (χ3n) is 6.56. The number of carbonyl (C=O) groups excluding carboxylic acids is 3. The van der Waals surface area contributed by atoms with Crippen LogP contribution in [0.5, 0.6) is 11.5 Å². The molecule has 0 unspecified atom stereocenters. The summed E-state index contributed by atoms with van der Waals surface area (Å²) >= 11 is 0. The van der Waals surface area contributed by atoms with Gasteiger partial charge in [0.2, 0.25) is 5.91 Å². The Kier molecular flexibility index (Phi) is 5.22. The third-order valence-corrected chi connectivity index (χ3v) is 6.56. The summed E-state index contributed by atoms with van der Waals surface area (Å²) < 4.78 is 17.7. The van der Waals surface area contributed by atoms with E-state index in [1.807, 2.05) is 0 Å². The standard InChI is InChI=1S/C23H26N4O6/c1-23(22(30)25-14-5-3-4-6-14)12-26-13-24-18(21(29)31-2)19(26)20(28)27(23)15-7-8-16-17(11-15)33-10-9-32-16/h7-8,11,13-14H,3-6,9-10,12H2,1-2H3,(H,25,30)/t23-/m1/s1. The Morgan fingerprint density at radius 1 is 1.18 bits per heavy atom. The molecule has 174 valence electrons. The molecule has 2 aliphatic heterocycles. The zero-order valence-electron chi connectivity index (χ0n) is 18.6. The van der Waals surface area contributed by atoms with E-state index in [1.54, 1.807) is 29.7 Å². The van der Waals surface area contributed by atoms with Crippen molar-refractivity contribution in [1.82, 2.24) is 14.9 Å². The largest absolute Gasteiger partial charge is 0.486 e. The SMILES string of the molecule is COC(=O)c1ncn2c1C(=O)N(c1ccc3c(c1)OCCO3)[C@@](C)(C(=O)NC1CCCC1)C2. The summed E-state index contributed by atoms with van der Waals surface area (Å²) in [5, 5.41) is 3.13. The molecule has 10 heteroatoms. The van der Waals surface area contributed by atoms with E-state index in [0.29, 0.717) is 30.4 Å². The zero-order chi connectivity index (χ0) is 23.2. The average Bonchev–Trinajstić information content (AvgIpc) is 3.48. The summed E-state index contributed by atoms with van der Waals surface area (Å²) in [6, 6.07) is 5.22. The molecule has 10 nitrogen and oxygen atoms in total. The van der Waals surface area contributed by atoms with Crippen molar-refractivity contribution >= 4 is 23.5 Å². The molecule has 5 rings (SSSR count). The van der Waals surface area contributed by atoms with Gasteiger partial charge in [-0.05, 0) is 31.9 Å². The fourth-order valence-electron chi connectivity index (χ4n) is 4.86. The van der Waals surface area contributed by atoms with Gasteiger partial charge in [0.15, 0.2) is 17.2 Å². The minimum absolute atomic E-state index is 0.0803. The molecule has 3 heterocycles. The summed E-state index contributed by atoms with van der Waals surface area (Å²) in [6.07, 6.45) is 5.38. The van der Waals surface area contributed by atoms with E-state index in [-0.39, 0.29) is 29.9 Å². The molecule has 0 saturated heterocycles. The van der Waals surface area contributed by atoms with Crippen molar-refractivity contribution in [2.45, 2.75) is 50.7 Å². The lowest BCUT2D eigenvalue weighted by atomic mass is 9.92.